The average Bonchev–Trinajstić information content (AvgIpc) is 3.09. The Morgan fingerprint density at radius 2 is 1.37 bits per heavy atom. The lowest BCUT2D eigenvalue weighted by Gasteiger charge is -2.20. The van der Waals surface area contributed by atoms with Crippen molar-refractivity contribution in [3.63, 3.8) is 0 Å². The van der Waals surface area contributed by atoms with E-state index in [1.165, 1.54) is 11.4 Å². The molecule has 6 heteroatoms. The third kappa shape index (κ3) is 1.42. The van der Waals surface area contributed by atoms with E-state index >= 15 is 0 Å². The zero-order chi connectivity index (χ0) is 13.0. The van der Waals surface area contributed by atoms with E-state index in [0.29, 0.717) is 0 Å². The largest absolute Gasteiger partial charge is 0.248 e. The first kappa shape index (κ1) is 11.1. The van der Waals surface area contributed by atoms with Gasteiger partial charge in [0.1, 0.15) is 0 Å². The van der Waals surface area contributed by atoms with Crippen LogP contribution in [0.2, 0.25) is 0 Å². The van der Waals surface area contributed by atoms with Gasteiger partial charge >= 0.3 is 0 Å². The van der Waals surface area contributed by atoms with Gasteiger partial charge in [0, 0.05) is 18.3 Å². The molecule has 2 aromatic heterocycles. The summed E-state index contributed by atoms with van der Waals surface area (Å²) in [6.07, 6.45) is 4.10. The molecule has 2 aliphatic rings. The topological polar surface area (TPSA) is 61.4 Å². The highest BCUT2D eigenvalue weighted by atomic mass is 15.5. The normalized spacial score (nSPS) is 19.1. The molecule has 0 N–H and O–H groups in total. The molecule has 4 heterocycles. The van der Waals surface area contributed by atoms with Gasteiger partial charge in [0.15, 0.2) is 0 Å². The highest BCUT2D eigenvalue weighted by Crippen LogP contribution is 2.42. The number of nitrogens with zero attached hydrogens (tertiary/aromatic N) is 6. The Labute approximate surface area is 111 Å². The van der Waals surface area contributed by atoms with Crippen molar-refractivity contribution >= 4 is 0 Å². The van der Waals surface area contributed by atoms with Gasteiger partial charge < -0.3 is 0 Å². The minimum Gasteiger partial charge on any atom is -0.248 e. The fourth-order valence-corrected chi connectivity index (χ4v) is 3.61. The third-order valence-electron chi connectivity index (χ3n) is 4.56. The molecule has 0 unspecified atom stereocenters. The van der Waals surface area contributed by atoms with E-state index in [1.54, 1.807) is 0 Å². The van der Waals surface area contributed by atoms with E-state index < -0.39 is 0 Å². The van der Waals surface area contributed by atoms with Gasteiger partial charge in [-0.2, -0.15) is 0 Å². The van der Waals surface area contributed by atoms with Crippen molar-refractivity contribution in [2.45, 2.75) is 52.6 Å². The zero-order valence-electron chi connectivity index (χ0n) is 11.4. The summed E-state index contributed by atoms with van der Waals surface area (Å²) in [6.45, 7) is 6.24. The van der Waals surface area contributed by atoms with E-state index in [2.05, 4.69) is 43.8 Å². The maximum atomic E-state index is 4.30. The van der Waals surface area contributed by atoms with Crippen molar-refractivity contribution in [1.29, 1.82) is 0 Å². The molecule has 100 valence electrons. The lowest BCUT2D eigenvalue weighted by molar-refractivity contribution is 0.254. The van der Waals surface area contributed by atoms with Crippen molar-refractivity contribution < 1.29 is 0 Å². The first-order valence-electron chi connectivity index (χ1n) is 7.07. The van der Waals surface area contributed by atoms with E-state index in [9.17, 15) is 0 Å². The van der Waals surface area contributed by atoms with Gasteiger partial charge in [0.05, 0.1) is 35.9 Å². The number of hydrogen-bond acceptors (Lipinski definition) is 4. The summed E-state index contributed by atoms with van der Waals surface area (Å²) in [7, 11) is 0. The summed E-state index contributed by atoms with van der Waals surface area (Å²) >= 11 is 0. The smallest absolute Gasteiger partial charge is 0.0856 e. The maximum Gasteiger partial charge on any atom is 0.0856 e. The number of aromatic nitrogens is 6. The van der Waals surface area contributed by atoms with Crippen LogP contribution in [0.3, 0.4) is 0 Å². The molecule has 0 amide bonds. The van der Waals surface area contributed by atoms with Crippen molar-refractivity contribution in [3.8, 4) is 0 Å². The van der Waals surface area contributed by atoms with Crippen molar-refractivity contribution in [2.75, 3.05) is 0 Å². The molecule has 0 saturated heterocycles. The van der Waals surface area contributed by atoms with Gasteiger partial charge in [0.2, 0.25) is 0 Å². The van der Waals surface area contributed by atoms with Gasteiger partial charge in [-0.3, -0.25) is 0 Å². The number of hydrogen-bond donors (Lipinski definition) is 0. The summed E-state index contributed by atoms with van der Waals surface area (Å²) in [5, 5.41) is 17.1. The van der Waals surface area contributed by atoms with Crippen LogP contribution in [0.25, 0.3) is 0 Å². The Morgan fingerprint density at radius 3 is 1.79 bits per heavy atom. The molecule has 0 saturated carbocycles. The van der Waals surface area contributed by atoms with Gasteiger partial charge in [-0.1, -0.05) is 24.3 Å². The minimum atomic E-state index is 0.268. The van der Waals surface area contributed by atoms with Gasteiger partial charge in [-0.05, 0) is 12.8 Å². The molecule has 0 aliphatic carbocycles. The van der Waals surface area contributed by atoms with Crippen LogP contribution in [-0.2, 0) is 38.8 Å². The fourth-order valence-electron chi connectivity index (χ4n) is 3.61. The Kier molecular flexibility index (Phi) is 2.14. The lowest BCUT2D eigenvalue weighted by Crippen LogP contribution is -2.25. The Morgan fingerprint density at radius 1 is 0.895 bits per heavy atom. The van der Waals surface area contributed by atoms with Gasteiger partial charge in [-0.25, -0.2) is 9.36 Å². The Balaban J connectivity index is 1.66. The summed E-state index contributed by atoms with van der Waals surface area (Å²) in [5.74, 6) is 0. The van der Waals surface area contributed by atoms with Crippen LogP contribution in [0.4, 0.5) is 0 Å². The molecule has 1 spiro atoms. The minimum absolute atomic E-state index is 0.268. The van der Waals surface area contributed by atoms with Gasteiger partial charge in [0.25, 0.3) is 0 Å². The first-order valence-corrected chi connectivity index (χ1v) is 7.07. The van der Waals surface area contributed by atoms with Crippen molar-refractivity contribution in [2.24, 2.45) is 5.41 Å². The molecule has 0 bridgehead atoms. The predicted octanol–water partition coefficient (Wildman–Crippen LogP) is 0.793. The zero-order valence-corrected chi connectivity index (χ0v) is 11.4. The molecule has 0 aromatic carbocycles. The summed E-state index contributed by atoms with van der Waals surface area (Å²) in [5.41, 5.74) is 5.26. The molecular formula is C13H18N6. The SMILES string of the molecule is CCc1nnn2c1CC1(Cc3c(CC)nnn3C1)C2. The molecule has 6 nitrogen and oxygen atoms in total. The fraction of sp³-hybridized carbons (Fsp3) is 0.692. The third-order valence-corrected chi connectivity index (χ3v) is 4.56. The second-order valence-electron chi connectivity index (χ2n) is 5.84. The predicted molar refractivity (Wildman–Crippen MR) is 68.6 cm³/mol. The van der Waals surface area contributed by atoms with Crippen LogP contribution >= 0.6 is 0 Å². The van der Waals surface area contributed by atoms with E-state index in [4.69, 9.17) is 0 Å². The Hall–Kier alpha value is -1.72. The van der Waals surface area contributed by atoms with Crippen LogP contribution in [0.5, 0.6) is 0 Å². The molecule has 0 atom stereocenters. The average molecular weight is 258 g/mol. The van der Waals surface area contributed by atoms with Crippen LogP contribution in [0, 0.1) is 5.41 Å². The van der Waals surface area contributed by atoms with Crippen molar-refractivity contribution in [1.82, 2.24) is 30.0 Å². The standard InChI is InChI=1S/C13H18N6/c1-3-9-11-5-13(7-18(11)16-14-9)6-12-10(4-2)15-17-19(12)8-13/h3-8H2,1-2H3. The van der Waals surface area contributed by atoms with Crippen LogP contribution in [0.1, 0.15) is 36.6 Å². The second kappa shape index (κ2) is 3.65. The molecule has 0 fully saturated rings. The quantitative estimate of drug-likeness (QED) is 0.799. The molecule has 0 radical (unpaired) electrons. The monoisotopic (exact) mass is 258 g/mol. The molecule has 19 heavy (non-hydrogen) atoms. The number of rotatable bonds is 2. The first-order chi connectivity index (χ1) is 9.24. The summed E-state index contributed by atoms with van der Waals surface area (Å²) in [4.78, 5) is 0. The second-order valence-corrected chi connectivity index (χ2v) is 5.84. The van der Waals surface area contributed by atoms with E-state index in [0.717, 1.165) is 50.2 Å². The highest BCUT2D eigenvalue weighted by molar-refractivity contribution is 5.23. The van der Waals surface area contributed by atoms with Gasteiger partial charge in [-0.15, -0.1) is 10.2 Å². The molecule has 4 rings (SSSR count). The van der Waals surface area contributed by atoms with Crippen LogP contribution in [-0.4, -0.2) is 30.0 Å². The number of fused-ring (bicyclic) bond motifs is 2. The highest BCUT2D eigenvalue weighted by Gasteiger charge is 2.46. The van der Waals surface area contributed by atoms with Crippen LogP contribution in [0.15, 0.2) is 0 Å². The lowest BCUT2D eigenvalue weighted by atomic mass is 9.83. The van der Waals surface area contributed by atoms with E-state index in [1.807, 2.05) is 0 Å². The van der Waals surface area contributed by atoms with Crippen LogP contribution < -0.4 is 0 Å². The summed E-state index contributed by atoms with van der Waals surface area (Å²) < 4.78 is 4.20. The van der Waals surface area contributed by atoms with E-state index in [-0.39, 0.29) is 5.41 Å². The van der Waals surface area contributed by atoms with Crippen molar-refractivity contribution in [3.05, 3.63) is 22.8 Å². The maximum absolute atomic E-state index is 4.30. The molecule has 2 aromatic rings. The number of aryl methyl sites for hydroxylation is 2. The molecular weight excluding hydrogens is 240 g/mol. The Bertz CT molecular complexity index is 581. The molecule has 2 aliphatic heterocycles. The summed E-state index contributed by atoms with van der Waals surface area (Å²) in [6, 6.07) is 0.